The van der Waals surface area contributed by atoms with Crippen LogP contribution < -0.4 is 11.3 Å². The number of nitrogen functional groups attached to an aromatic ring is 1. The fraction of sp³-hybridized carbons (Fsp3) is 0.231. The van der Waals surface area contributed by atoms with Crippen LogP contribution in [0.1, 0.15) is 29.3 Å². The Morgan fingerprint density at radius 3 is 2.89 bits per heavy atom. The van der Waals surface area contributed by atoms with Gasteiger partial charge in [0.15, 0.2) is 0 Å². The van der Waals surface area contributed by atoms with Gasteiger partial charge in [0.2, 0.25) is 0 Å². The van der Waals surface area contributed by atoms with Crippen LogP contribution in [0.3, 0.4) is 0 Å². The van der Waals surface area contributed by atoms with E-state index in [4.69, 9.17) is 10.6 Å². The Morgan fingerprint density at radius 1 is 1.44 bits per heavy atom. The van der Waals surface area contributed by atoms with Crippen LogP contribution in [0.2, 0.25) is 0 Å². The molecule has 0 aromatic heterocycles. The van der Waals surface area contributed by atoms with Crippen LogP contribution in [-0.2, 0) is 9.53 Å². The Balaban J connectivity index is 2.71. The molecule has 0 unspecified atom stereocenters. The number of amides is 1. The highest BCUT2D eigenvalue weighted by Gasteiger charge is 2.02. The van der Waals surface area contributed by atoms with Gasteiger partial charge in [-0.25, -0.2) is 5.84 Å². The second-order valence-electron chi connectivity index (χ2n) is 3.34. The Bertz CT molecular complexity index is 500. The van der Waals surface area contributed by atoms with Gasteiger partial charge in [0.05, 0.1) is 6.61 Å². The van der Waals surface area contributed by atoms with Crippen LogP contribution in [0.15, 0.2) is 24.3 Å². The minimum Gasteiger partial charge on any atom is -0.465 e. The summed E-state index contributed by atoms with van der Waals surface area (Å²) in [5, 5.41) is 0. The topological polar surface area (TPSA) is 81.4 Å². The molecule has 0 aliphatic heterocycles. The van der Waals surface area contributed by atoms with E-state index in [1.54, 1.807) is 31.2 Å². The maximum Gasteiger partial charge on any atom is 0.317 e. The van der Waals surface area contributed by atoms with E-state index in [0.717, 1.165) is 0 Å². The zero-order valence-corrected chi connectivity index (χ0v) is 10.0. The number of hydrogen-bond donors (Lipinski definition) is 2. The highest BCUT2D eigenvalue weighted by Crippen LogP contribution is 2.03. The van der Waals surface area contributed by atoms with Gasteiger partial charge >= 0.3 is 5.97 Å². The first-order valence-electron chi connectivity index (χ1n) is 5.43. The molecule has 0 heterocycles. The number of rotatable bonds is 3. The lowest BCUT2D eigenvalue weighted by molar-refractivity contribution is -0.141. The van der Waals surface area contributed by atoms with Crippen molar-refractivity contribution in [1.82, 2.24) is 5.43 Å². The van der Waals surface area contributed by atoms with Gasteiger partial charge in [0.25, 0.3) is 5.91 Å². The summed E-state index contributed by atoms with van der Waals surface area (Å²) in [6, 6.07) is 6.66. The van der Waals surface area contributed by atoms with Crippen molar-refractivity contribution in [3.8, 4) is 11.8 Å². The number of nitrogens with two attached hydrogens (primary N) is 1. The van der Waals surface area contributed by atoms with Crippen LogP contribution in [-0.4, -0.2) is 18.5 Å². The van der Waals surface area contributed by atoms with Gasteiger partial charge in [-0.3, -0.25) is 15.0 Å². The second-order valence-corrected chi connectivity index (χ2v) is 3.34. The van der Waals surface area contributed by atoms with Crippen LogP contribution in [0.5, 0.6) is 0 Å². The zero-order chi connectivity index (χ0) is 13.4. The van der Waals surface area contributed by atoms with E-state index in [-0.39, 0.29) is 18.3 Å². The quantitative estimate of drug-likeness (QED) is 0.269. The molecule has 0 saturated heterocycles. The fourth-order valence-corrected chi connectivity index (χ4v) is 1.25. The lowest BCUT2D eigenvalue weighted by atomic mass is 10.1. The summed E-state index contributed by atoms with van der Waals surface area (Å²) in [4.78, 5) is 22.3. The molecule has 0 aliphatic carbocycles. The van der Waals surface area contributed by atoms with Crippen LogP contribution in [0, 0.1) is 11.8 Å². The number of ether oxygens (including phenoxy) is 1. The Morgan fingerprint density at radius 2 is 2.22 bits per heavy atom. The third kappa shape index (κ3) is 4.28. The maximum atomic E-state index is 11.3. The van der Waals surface area contributed by atoms with Gasteiger partial charge < -0.3 is 4.74 Å². The van der Waals surface area contributed by atoms with E-state index in [1.807, 2.05) is 5.43 Å². The molecule has 0 atom stereocenters. The van der Waals surface area contributed by atoms with Gasteiger partial charge in [-0.05, 0) is 25.1 Å². The molecular weight excluding hydrogens is 232 g/mol. The number of hydrogen-bond acceptors (Lipinski definition) is 4. The van der Waals surface area contributed by atoms with E-state index < -0.39 is 0 Å². The SMILES string of the molecule is CCOC(=O)CC#Cc1cccc(C(=O)NN)c1. The monoisotopic (exact) mass is 246 g/mol. The minimum absolute atomic E-state index is 0.0289. The van der Waals surface area contributed by atoms with E-state index >= 15 is 0 Å². The molecule has 0 bridgehead atoms. The van der Waals surface area contributed by atoms with Crippen molar-refractivity contribution in [3.05, 3.63) is 35.4 Å². The number of benzene rings is 1. The Kier molecular flexibility index (Phi) is 5.42. The molecule has 5 nitrogen and oxygen atoms in total. The van der Waals surface area contributed by atoms with Crippen LogP contribution in [0.4, 0.5) is 0 Å². The van der Waals surface area contributed by atoms with E-state index in [1.165, 1.54) is 0 Å². The summed E-state index contributed by atoms with van der Waals surface area (Å²) >= 11 is 0. The molecule has 0 aliphatic rings. The molecule has 0 radical (unpaired) electrons. The number of esters is 1. The summed E-state index contributed by atoms with van der Waals surface area (Å²) in [5.74, 6) is 9.75. The zero-order valence-electron chi connectivity index (χ0n) is 10.0. The molecule has 0 fully saturated rings. The van der Waals surface area contributed by atoms with Crippen molar-refractivity contribution in [1.29, 1.82) is 0 Å². The first kappa shape index (κ1) is 13.7. The standard InChI is InChI=1S/C13H14N2O3/c1-2-18-12(16)8-4-6-10-5-3-7-11(9-10)13(17)15-14/h3,5,7,9H,2,8,14H2,1H3,(H,15,17). The van der Waals surface area contributed by atoms with Gasteiger partial charge in [0.1, 0.15) is 6.42 Å². The third-order valence-electron chi connectivity index (χ3n) is 2.03. The van der Waals surface area contributed by atoms with Crippen molar-refractivity contribution in [2.24, 2.45) is 5.84 Å². The smallest absolute Gasteiger partial charge is 0.317 e. The predicted octanol–water partition coefficient (Wildman–Crippen LogP) is 0.595. The molecule has 1 aromatic rings. The molecule has 1 rings (SSSR count). The molecule has 3 N–H and O–H groups in total. The predicted molar refractivity (Wildman–Crippen MR) is 66.2 cm³/mol. The molecule has 0 saturated carbocycles. The number of nitrogens with one attached hydrogen (secondary N) is 1. The first-order valence-corrected chi connectivity index (χ1v) is 5.43. The number of carbonyl (C=O) groups is 2. The van der Waals surface area contributed by atoms with Crippen molar-refractivity contribution in [2.45, 2.75) is 13.3 Å². The molecule has 1 aromatic carbocycles. The van der Waals surface area contributed by atoms with Gasteiger partial charge in [-0.1, -0.05) is 17.9 Å². The molecule has 1 amide bonds. The molecular formula is C13H14N2O3. The first-order chi connectivity index (χ1) is 8.67. The van der Waals surface area contributed by atoms with Crippen LogP contribution in [0.25, 0.3) is 0 Å². The molecule has 94 valence electrons. The molecule has 0 spiro atoms. The van der Waals surface area contributed by atoms with Gasteiger partial charge in [0, 0.05) is 11.1 Å². The van der Waals surface area contributed by atoms with Gasteiger partial charge in [-0.2, -0.15) is 0 Å². The maximum absolute atomic E-state index is 11.3. The minimum atomic E-state index is -0.385. The molecule has 18 heavy (non-hydrogen) atoms. The van der Waals surface area contributed by atoms with E-state index in [0.29, 0.717) is 17.7 Å². The normalized spacial score (nSPS) is 9.00. The summed E-state index contributed by atoms with van der Waals surface area (Å²) in [7, 11) is 0. The van der Waals surface area contributed by atoms with E-state index in [9.17, 15) is 9.59 Å². The van der Waals surface area contributed by atoms with Crippen molar-refractivity contribution >= 4 is 11.9 Å². The lowest BCUT2D eigenvalue weighted by Crippen LogP contribution is -2.29. The molecule has 5 heteroatoms. The Hall–Kier alpha value is -2.32. The fourth-order valence-electron chi connectivity index (χ4n) is 1.25. The average Bonchev–Trinajstić information content (AvgIpc) is 2.38. The average molecular weight is 246 g/mol. The highest BCUT2D eigenvalue weighted by atomic mass is 16.5. The summed E-state index contributed by atoms with van der Waals surface area (Å²) in [6.45, 7) is 2.08. The van der Waals surface area contributed by atoms with Crippen molar-refractivity contribution in [2.75, 3.05) is 6.61 Å². The summed E-state index contributed by atoms with van der Waals surface area (Å²) < 4.78 is 4.74. The lowest BCUT2D eigenvalue weighted by Gasteiger charge is -1.99. The van der Waals surface area contributed by atoms with E-state index in [2.05, 4.69) is 11.8 Å². The van der Waals surface area contributed by atoms with Crippen molar-refractivity contribution < 1.29 is 14.3 Å². The largest absolute Gasteiger partial charge is 0.465 e. The van der Waals surface area contributed by atoms with Crippen molar-refractivity contribution in [3.63, 3.8) is 0 Å². The van der Waals surface area contributed by atoms with Gasteiger partial charge in [-0.15, -0.1) is 0 Å². The summed E-state index contributed by atoms with van der Waals surface area (Å²) in [6.07, 6.45) is 0.0289. The highest BCUT2D eigenvalue weighted by molar-refractivity contribution is 5.94. The Labute approximate surface area is 105 Å². The number of carbonyl (C=O) groups excluding carboxylic acids is 2. The third-order valence-corrected chi connectivity index (χ3v) is 2.03. The summed E-state index contributed by atoms with van der Waals surface area (Å²) in [5.41, 5.74) is 3.09. The number of hydrazine groups is 1. The second kappa shape index (κ2) is 7.09. The van der Waals surface area contributed by atoms with Crippen LogP contribution >= 0.6 is 0 Å².